The van der Waals surface area contributed by atoms with Crippen LogP contribution in [0.3, 0.4) is 0 Å². The van der Waals surface area contributed by atoms with Crippen LogP contribution in [-0.2, 0) is 39.1 Å². The average molecular weight is 567 g/mol. The van der Waals surface area contributed by atoms with Crippen LogP contribution in [0.15, 0.2) is 71.6 Å². The van der Waals surface area contributed by atoms with Gasteiger partial charge in [0, 0.05) is 52.3 Å². The van der Waals surface area contributed by atoms with Crippen LogP contribution in [0.25, 0.3) is 10.1 Å². The monoisotopic (exact) mass is 566 g/mol. The van der Waals surface area contributed by atoms with Crippen molar-refractivity contribution in [2.45, 2.75) is 24.5 Å². The summed E-state index contributed by atoms with van der Waals surface area (Å²) < 4.78 is 46.3. The molecule has 0 bridgehead atoms. The number of benzene rings is 3. The summed E-state index contributed by atoms with van der Waals surface area (Å²) in [5, 5.41) is 1.22. The van der Waals surface area contributed by atoms with Gasteiger partial charge in [0.25, 0.3) is 10.0 Å². The molecule has 1 N–H and O–H groups in total. The van der Waals surface area contributed by atoms with Crippen molar-refractivity contribution in [3.05, 3.63) is 83.4 Å². The molecule has 0 aliphatic carbocycles. The maximum absolute atomic E-state index is 13.5. The number of anilines is 2. The maximum Gasteiger partial charge on any atom is 0.262 e. The number of fused-ring (bicyclic) bond motifs is 1. The van der Waals surface area contributed by atoms with Gasteiger partial charge in [-0.25, -0.2) is 8.42 Å². The molecule has 3 aromatic carbocycles. The molecule has 8 nitrogen and oxygen atoms in total. The topological polar surface area (TPSA) is 84.0 Å². The lowest BCUT2D eigenvalue weighted by Gasteiger charge is -2.35. The summed E-state index contributed by atoms with van der Waals surface area (Å²) >= 11 is 1.55. The van der Waals surface area contributed by atoms with E-state index in [2.05, 4.69) is 38.8 Å². The molecule has 1 saturated heterocycles. The number of sulfonamides is 1. The molecule has 5 rings (SSSR count). The van der Waals surface area contributed by atoms with Crippen molar-refractivity contribution in [1.82, 2.24) is 9.27 Å². The van der Waals surface area contributed by atoms with Crippen LogP contribution < -0.4 is 9.62 Å². The smallest absolute Gasteiger partial charge is 0.262 e. The predicted octanol–water partition coefficient (Wildman–Crippen LogP) is 4.75. The molecule has 4 aromatic rings. The summed E-state index contributed by atoms with van der Waals surface area (Å²) in [5.41, 5.74) is 2.96. The molecule has 39 heavy (non-hydrogen) atoms. The van der Waals surface area contributed by atoms with Gasteiger partial charge >= 0.3 is 0 Å². The zero-order chi connectivity index (χ0) is 27.2. The van der Waals surface area contributed by atoms with Crippen molar-refractivity contribution in [1.29, 1.82) is 0 Å². The minimum absolute atomic E-state index is 0.202. The molecule has 0 amide bonds. The predicted molar refractivity (Wildman–Crippen MR) is 157 cm³/mol. The minimum Gasteiger partial charge on any atom is -0.380 e. The van der Waals surface area contributed by atoms with Crippen LogP contribution in [0.1, 0.15) is 16.7 Å². The third kappa shape index (κ3) is 6.42. The van der Waals surface area contributed by atoms with Crippen LogP contribution in [-0.4, -0.2) is 64.6 Å². The highest BCUT2D eigenvalue weighted by molar-refractivity contribution is 7.92. The van der Waals surface area contributed by atoms with E-state index in [0.29, 0.717) is 17.9 Å². The Morgan fingerprint density at radius 1 is 0.897 bits per heavy atom. The van der Waals surface area contributed by atoms with Gasteiger partial charge < -0.3 is 14.4 Å². The molecular weight excluding hydrogens is 532 g/mol. The normalized spacial score (nSPS) is 14.7. The number of para-hydroxylation sites is 1. The van der Waals surface area contributed by atoms with Crippen LogP contribution >= 0.6 is 11.5 Å². The zero-order valence-corrected chi connectivity index (χ0v) is 23.9. The van der Waals surface area contributed by atoms with Gasteiger partial charge in [0.15, 0.2) is 0 Å². The van der Waals surface area contributed by atoms with Gasteiger partial charge in [0.05, 0.1) is 28.5 Å². The number of hydrogen-bond donors (Lipinski definition) is 1. The number of rotatable bonds is 11. The molecule has 10 heteroatoms. The highest BCUT2D eigenvalue weighted by Crippen LogP contribution is 2.30. The van der Waals surface area contributed by atoms with E-state index in [1.54, 1.807) is 37.9 Å². The second-order valence-corrected chi connectivity index (χ2v) is 12.1. The Hall–Kier alpha value is -3.02. The first kappa shape index (κ1) is 27.5. The molecule has 1 aromatic heterocycles. The van der Waals surface area contributed by atoms with Crippen LogP contribution in [0.5, 0.6) is 0 Å². The average Bonchev–Trinajstić information content (AvgIpc) is 3.38. The molecular formula is C29H34N4O4S2. The number of ether oxygens (including phenoxy) is 2. The first-order chi connectivity index (χ1) is 19.0. The molecule has 1 aliphatic rings. The Labute approximate surface area is 234 Å². The summed E-state index contributed by atoms with van der Waals surface area (Å²) in [6.45, 7) is 5.10. The van der Waals surface area contributed by atoms with E-state index in [1.165, 1.54) is 10.1 Å². The van der Waals surface area contributed by atoms with Crippen molar-refractivity contribution in [2.24, 2.45) is 0 Å². The molecule has 0 atom stereocenters. The number of nitrogens with zero attached hydrogens (tertiary/aromatic N) is 3. The van der Waals surface area contributed by atoms with Crippen molar-refractivity contribution in [3.8, 4) is 0 Å². The molecule has 1 aliphatic heterocycles. The van der Waals surface area contributed by atoms with Crippen LogP contribution in [0, 0.1) is 0 Å². The summed E-state index contributed by atoms with van der Waals surface area (Å²) in [4.78, 5) is 5.01. The quantitative estimate of drug-likeness (QED) is 0.280. The largest absolute Gasteiger partial charge is 0.380 e. The zero-order valence-electron chi connectivity index (χ0n) is 22.3. The summed E-state index contributed by atoms with van der Waals surface area (Å²) in [6.07, 6.45) is 0.743. The molecule has 0 unspecified atom stereocenters. The first-order valence-corrected chi connectivity index (χ1v) is 15.3. The van der Waals surface area contributed by atoms with Gasteiger partial charge in [0.1, 0.15) is 5.82 Å². The minimum atomic E-state index is -3.83. The van der Waals surface area contributed by atoms with Crippen molar-refractivity contribution in [3.63, 3.8) is 0 Å². The number of piperazine rings is 1. The van der Waals surface area contributed by atoms with E-state index in [0.717, 1.165) is 56.1 Å². The van der Waals surface area contributed by atoms with Crippen molar-refractivity contribution < 1.29 is 17.9 Å². The van der Waals surface area contributed by atoms with Crippen LogP contribution in [0.2, 0.25) is 0 Å². The van der Waals surface area contributed by atoms with E-state index >= 15 is 0 Å². The van der Waals surface area contributed by atoms with Gasteiger partial charge in [-0.3, -0.25) is 9.62 Å². The van der Waals surface area contributed by atoms with E-state index in [4.69, 9.17) is 13.8 Å². The second kappa shape index (κ2) is 12.4. The van der Waals surface area contributed by atoms with Gasteiger partial charge in [-0.15, -0.1) is 0 Å². The Bertz CT molecular complexity index is 1510. The summed E-state index contributed by atoms with van der Waals surface area (Å²) in [7, 11) is -0.688. The fourth-order valence-electron chi connectivity index (χ4n) is 4.98. The van der Waals surface area contributed by atoms with Crippen molar-refractivity contribution in [2.75, 3.05) is 56.6 Å². The Morgan fingerprint density at radius 3 is 2.44 bits per heavy atom. The standard InChI is InChI=1S/C29H34N4O4S2/c1-36-20-22-11-12-24(21-37-2)28(19-22)39(34,35)31-26-9-5-3-7-23(26)13-14-32-15-17-33(18-16-32)29-25-8-4-6-10-27(25)38-30-29/h3-12,19,31H,13-18,20-21H2,1-2H3. The lowest BCUT2D eigenvalue weighted by Crippen LogP contribution is -2.47. The Kier molecular flexibility index (Phi) is 8.79. The molecule has 206 valence electrons. The highest BCUT2D eigenvalue weighted by atomic mass is 32.2. The molecule has 2 heterocycles. The van der Waals surface area contributed by atoms with Gasteiger partial charge in [0.2, 0.25) is 0 Å². The van der Waals surface area contributed by atoms with Gasteiger partial charge in [-0.05, 0) is 58.9 Å². The highest BCUT2D eigenvalue weighted by Gasteiger charge is 2.23. The lowest BCUT2D eigenvalue weighted by atomic mass is 10.1. The van der Waals surface area contributed by atoms with Gasteiger partial charge in [-0.2, -0.15) is 4.37 Å². The first-order valence-electron chi connectivity index (χ1n) is 13.0. The third-order valence-corrected chi connectivity index (χ3v) is 9.29. The number of aromatic nitrogens is 1. The Morgan fingerprint density at radius 2 is 1.64 bits per heavy atom. The molecule has 0 spiro atoms. The lowest BCUT2D eigenvalue weighted by molar-refractivity contribution is 0.180. The molecule has 0 saturated carbocycles. The van der Waals surface area contributed by atoms with E-state index in [-0.39, 0.29) is 11.5 Å². The van der Waals surface area contributed by atoms with E-state index in [9.17, 15) is 8.42 Å². The SMILES string of the molecule is COCc1ccc(COC)c(S(=O)(=O)Nc2ccccc2CCN2CCN(c3nsc4ccccc34)CC2)c1. The molecule has 1 fully saturated rings. The van der Waals surface area contributed by atoms with Crippen LogP contribution in [0.4, 0.5) is 11.5 Å². The fraction of sp³-hybridized carbons (Fsp3) is 0.345. The summed E-state index contributed by atoms with van der Waals surface area (Å²) in [5.74, 6) is 1.08. The second-order valence-electron chi connectivity index (χ2n) is 9.65. The van der Waals surface area contributed by atoms with Gasteiger partial charge in [-0.1, -0.05) is 42.5 Å². The van der Waals surface area contributed by atoms with E-state index < -0.39 is 10.0 Å². The molecule has 0 radical (unpaired) electrons. The third-order valence-electron chi connectivity index (χ3n) is 7.02. The maximum atomic E-state index is 13.5. The number of nitrogens with one attached hydrogen (secondary N) is 1. The summed E-state index contributed by atoms with van der Waals surface area (Å²) in [6, 6.07) is 21.3. The number of methoxy groups -OCH3 is 2. The van der Waals surface area contributed by atoms with Crippen molar-refractivity contribution >= 4 is 43.1 Å². The van der Waals surface area contributed by atoms with E-state index in [1.807, 2.05) is 30.3 Å². The number of hydrogen-bond acceptors (Lipinski definition) is 8. The Balaban J connectivity index is 1.24. The fourth-order valence-corrected chi connectivity index (χ4v) is 7.15.